The first-order valence-electron chi connectivity index (χ1n) is 5.28. The number of nitrogens with zero attached hydrogens (tertiary/aromatic N) is 1. The van der Waals surface area contributed by atoms with Gasteiger partial charge in [0.15, 0.2) is 0 Å². The number of anilines is 1. The van der Waals surface area contributed by atoms with Crippen LogP contribution in [0.2, 0.25) is 0 Å². The highest BCUT2D eigenvalue weighted by Gasteiger charge is 2.18. The predicted molar refractivity (Wildman–Crippen MR) is 63.6 cm³/mol. The van der Waals surface area contributed by atoms with Gasteiger partial charge in [0, 0.05) is 12.7 Å². The Balaban J connectivity index is 2.45. The van der Waals surface area contributed by atoms with Crippen molar-refractivity contribution in [1.29, 1.82) is 0 Å². The SMILES string of the molecule is C=C1COc2ccc(C(C)C)cc2N1C. The fraction of sp³-hybridized carbons (Fsp3) is 0.385. The molecule has 0 fully saturated rings. The minimum Gasteiger partial charge on any atom is -0.485 e. The molecule has 1 aliphatic rings. The molecular formula is C13H17NO. The second kappa shape index (κ2) is 3.61. The molecule has 2 nitrogen and oxygen atoms in total. The van der Waals surface area contributed by atoms with Gasteiger partial charge in [0.05, 0.1) is 5.69 Å². The molecule has 1 aliphatic heterocycles. The summed E-state index contributed by atoms with van der Waals surface area (Å²) in [5.41, 5.74) is 3.46. The molecule has 0 N–H and O–H groups in total. The lowest BCUT2D eigenvalue weighted by Crippen LogP contribution is -2.26. The van der Waals surface area contributed by atoms with Gasteiger partial charge in [-0.15, -0.1) is 0 Å². The van der Waals surface area contributed by atoms with E-state index in [0.717, 1.165) is 17.1 Å². The van der Waals surface area contributed by atoms with Crippen LogP contribution >= 0.6 is 0 Å². The van der Waals surface area contributed by atoms with Gasteiger partial charge in [-0.3, -0.25) is 0 Å². The van der Waals surface area contributed by atoms with E-state index >= 15 is 0 Å². The second-order valence-electron chi connectivity index (χ2n) is 4.30. The van der Waals surface area contributed by atoms with Gasteiger partial charge in [0.1, 0.15) is 12.4 Å². The van der Waals surface area contributed by atoms with Gasteiger partial charge in [-0.25, -0.2) is 0 Å². The molecule has 1 aromatic rings. The van der Waals surface area contributed by atoms with E-state index in [1.807, 2.05) is 13.1 Å². The maximum Gasteiger partial charge on any atom is 0.143 e. The zero-order chi connectivity index (χ0) is 11.0. The molecule has 0 atom stereocenters. The topological polar surface area (TPSA) is 12.5 Å². The first kappa shape index (κ1) is 10.1. The highest BCUT2D eigenvalue weighted by molar-refractivity contribution is 5.64. The van der Waals surface area contributed by atoms with Crippen molar-refractivity contribution in [3.8, 4) is 5.75 Å². The lowest BCUT2D eigenvalue weighted by Gasteiger charge is -2.30. The summed E-state index contributed by atoms with van der Waals surface area (Å²) in [6.07, 6.45) is 0. The van der Waals surface area contributed by atoms with Crippen LogP contribution in [0.1, 0.15) is 25.3 Å². The maximum absolute atomic E-state index is 5.60. The summed E-state index contributed by atoms with van der Waals surface area (Å²) in [6.45, 7) is 8.95. The Morgan fingerprint density at radius 2 is 2.13 bits per heavy atom. The zero-order valence-corrected chi connectivity index (χ0v) is 9.58. The minimum absolute atomic E-state index is 0.541. The fourth-order valence-electron chi connectivity index (χ4n) is 1.71. The number of rotatable bonds is 1. The molecule has 0 aliphatic carbocycles. The van der Waals surface area contributed by atoms with Gasteiger partial charge < -0.3 is 9.64 Å². The normalized spacial score (nSPS) is 15.2. The van der Waals surface area contributed by atoms with Crippen LogP contribution in [-0.2, 0) is 0 Å². The van der Waals surface area contributed by atoms with Crippen molar-refractivity contribution in [1.82, 2.24) is 0 Å². The van der Waals surface area contributed by atoms with Crippen LogP contribution in [0.4, 0.5) is 5.69 Å². The summed E-state index contributed by atoms with van der Waals surface area (Å²) >= 11 is 0. The molecule has 0 aromatic heterocycles. The van der Waals surface area contributed by atoms with Crippen molar-refractivity contribution in [3.05, 3.63) is 36.0 Å². The number of benzene rings is 1. The van der Waals surface area contributed by atoms with E-state index in [9.17, 15) is 0 Å². The van der Waals surface area contributed by atoms with E-state index in [-0.39, 0.29) is 0 Å². The monoisotopic (exact) mass is 203 g/mol. The Labute approximate surface area is 91.2 Å². The van der Waals surface area contributed by atoms with E-state index < -0.39 is 0 Å². The third-order valence-electron chi connectivity index (χ3n) is 2.88. The fourth-order valence-corrected chi connectivity index (χ4v) is 1.71. The summed E-state index contributed by atoms with van der Waals surface area (Å²) in [4.78, 5) is 2.10. The minimum atomic E-state index is 0.541. The highest BCUT2D eigenvalue weighted by atomic mass is 16.5. The molecule has 2 heteroatoms. The molecule has 1 aromatic carbocycles. The highest BCUT2D eigenvalue weighted by Crippen LogP contribution is 2.35. The molecule has 0 amide bonds. The van der Waals surface area contributed by atoms with Crippen molar-refractivity contribution in [3.63, 3.8) is 0 Å². The van der Waals surface area contributed by atoms with E-state index in [0.29, 0.717) is 12.5 Å². The van der Waals surface area contributed by atoms with E-state index in [4.69, 9.17) is 4.74 Å². The summed E-state index contributed by atoms with van der Waals surface area (Å²) in [5, 5.41) is 0. The molecule has 0 spiro atoms. The van der Waals surface area contributed by atoms with Crippen molar-refractivity contribution < 1.29 is 4.74 Å². The average Bonchev–Trinajstić information content (AvgIpc) is 2.23. The van der Waals surface area contributed by atoms with Gasteiger partial charge in [0.2, 0.25) is 0 Å². The summed E-state index contributed by atoms with van der Waals surface area (Å²) in [6, 6.07) is 6.36. The zero-order valence-electron chi connectivity index (χ0n) is 9.58. The van der Waals surface area contributed by atoms with Crippen molar-refractivity contribution in [2.45, 2.75) is 19.8 Å². The first-order valence-corrected chi connectivity index (χ1v) is 5.28. The van der Waals surface area contributed by atoms with Crippen molar-refractivity contribution in [2.75, 3.05) is 18.6 Å². The lowest BCUT2D eigenvalue weighted by atomic mass is 10.0. The standard InChI is InChI=1S/C13H17NO/c1-9(2)11-5-6-13-12(7-11)14(4)10(3)8-15-13/h5-7,9H,3,8H2,1-2,4H3. The molecule has 15 heavy (non-hydrogen) atoms. The van der Waals surface area contributed by atoms with Crippen LogP contribution in [0, 0.1) is 0 Å². The third-order valence-corrected chi connectivity index (χ3v) is 2.88. The Morgan fingerprint density at radius 1 is 1.40 bits per heavy atom. The van der Waals surface area contributed by atoms with Gasteiger partial charge in [-0.1, -0.05) is 26.5 Å². The number of hydrogen-bond donors (Lipinski definition) is 0. The summed E-state index contributed by atoms with van der Waals surface area (Å²) in [5.74, 6) is 1.49. The van der Waals surface area contributed by atoms with E-state index in [2.05, 4.69) is 37.5 Å². The Bertz CT molecular complexity index is 396. The molecule has 0 saturated carbocycles. The Hall–Kier alpha value is -1.44. The van der Waals surface area contributed by atoms with Crippen LogP contribution in [0.5, 0.6) is 5.75 Å². The van der Waals surface area contributed by atoms with Gasteiger partial charge in [-0.05, 0) is 23.6 Å². The van der Waals surface area contributed by atoms with Gasteiger partial charge in [0.25, 0.3) is 0 Å². The van der Waals surface area contributed by atoms with E-state index in [1.54, 1.807) is 0 Å². The van der Waals surface area contributed by atoms with Crippen LogP contribution < -0.4 is 9.64 Å². The molecule has 0 unspecified atom stereocenters. The Kier molecular flexibility index (Phi) is 2.43. The second-order valence-corrected chi connectivity index (χ2v) is 4.30. The molecule has 0 bridgehead atoms. The average molecular weight is 203 g/mol. The van der Waals surface area contributed by atoms with Crippen LogP contribution in [0.25, 0.3) is 0 Å². The number of hydrogen-bond acceptors (Lipinski definition) is 2. The lowest BCUT2D eigenvalue weighted by molar-refractivity contribution is 0.338. The van der Waals surface area contributed by atoms with Crippen molar-refractivity contribution in [2.24, 2.45) is 0 Å². The smallest absolute Gasteiger partial charge is 0.143 e. The predicted octanol–water partition coefficient (Wildman–Crippen LogP) is 3.15. The van der Waals surface area contributed by atoms with E-state index in [1.165, 1.54) is 5.56 Å². The van der Waals surface area contributed by atoms with Crippen LogP contribution in [-0.4, -0.2) is 13.7 Å². The number of fused-ring (bicyclic) bond motifs is 1. The summed E-state index contributed by atoms with van der Waals surface area (Å²) < 4.78 is 5.60. The number of likely N-dealkylation sites (N-methyl/N-ethyl adjacent to an activating group) is 1. The summed E-state index contributed by atoms with van der Waals surface area (Å²) in [7, 11) is 2.04. The molecule has 2 rings (SSSR count). The van der Waals surface area contributed by atoms with Gasteiger partial charge in [-0.2, -0.15) is 0 Å². The largest absolute Gasteiger partial charge is 0.485 e. The third kappa shape index (κ3) is 1.72. The quantitative estimate of drug-likeness (QED) is 0.695. The maximum atomic E-state index is 5.60. The van der Waals surface area contributed by atoms with Crippen molar-refractivity contribution >= 4 is 5.69 Å². The molecule has 80 valence electrons. The molecule has 0 saturated heterocycles. The van der Waals surface area contributed by atoms with Gasteiger partial charge >= 0.3 is 0 Å². The molecule has 0 radical (unpaired) electrons. The van der Waals surface area contributed by atoms with Crippen LogP contribution in [0.15, 0.2) is 30.5 Å². The first-order chi connectivity index (χ1) is 7.09. The Morgan fingerprint density at radius 3 is 2.80 bits per heavy atom. The molecular weight excluding hydrogens is 186 g/mol. The van der Waals surface area contributed by atoms with Crippen LogP contribution in [0.3, 0.4) is 0 Å². The number of ether oxygens (including phenoxy) is 1. The molecule has 1 heterocycles.